The third kappa shape index (κ3) is 5.45. The van der Waals surface area contributed by atoms with Crippen molar-refractivity contribution in [2.75, 3.05) is 13.7 Å². The Morgan fingerprint density at radius 2 is 1.86 bits per heavy atom. The third-order valence-electron chi connectivity index (χ3n) is 3.89. The van der Waals surface area contributed by atoms with Crippen LogP contribution in [0, 0.1) is 11.3 Å². The molecule has 0 bridgehead atoms. The monoisotopic (exact) mass is 379 g/mol. The first-order valence-corrected chi connectivity index (χ1v) is 8.68. The average molecular weight is 379 g/mol. The van der Waals surface area contributed by atoms with Gasteiger partial charge in [0.25, 0.3) is 0 Å². The van der Waals surface area contributed by atoms with E-state index in [1.807, 2.05) is 13.0 Å². The predicted octanol–water partition coefficient (Wildman–Crippen LogP) is 3.95. The molecule has 28 heavy (non-hydrogen) atoms. The van der Waals surface area contributed by atoms with Crippen molar-refractivity contribution in [3.63, 3.8) is 0 Å². The summed E-state index contributed by atoms with van der Waals surface area (Å²) in [5.41, 5.74) is 1.57. The van der Waals surface area contributed by atoms with Gasteiger partial charge >= 0.3 is 5.97 Å². The van der Waals surface area contributed by atoms with Gasteiger partial charge in [-0.25, -0.2) is 4.79 Å². The van der Waals surface area contributed by atoms with E-state index in [1.165, 1.54) is 20.1 Å². The SMILES string of the molecule is CCOc1ccc(/C=C(\C#N)C(=O)OCc2cc(C(C)=O)ccc2OC)cc1. The molecule has 0 aromatic heterocycles. The third-order valence-corrected chi connectivity index (χ3v) is 3.89. The van der Waals surface area contributed by atoms with Crippen molar-refractivity contribution in [1.82, 2.24) is 0 Å². The highest BCUT2D eigenvalue weighted by atomic mass is 16.5. The summed E-state index contributed by atoms with van der Waals surface area (Å²) in [5, 5.41) is 9.30. The summed E-state index contributed by atoms with van der Waals surface area (Å²) < 4.78 is 15.8. The molecule has 0 N–H and O–H groups in total. The molecule has 6 nitrogen and oxygen atoms in total. The lowest BCUT2D eigenvalue weighted by Gasteiger charge is -2.10. The van der Waals surface area contributed by atoms with E-state index in [2.05, 4.69) is 0 Å². The molecule has 144 valence electrons. The van der Waals surface area contributed by atoms with E-state index in [1.54, 1.807) is 42.5 Å². The first kappa shape index (κ1) is 20.7. The van der Waals surface area contributed by atoms with Gasteiger partial charge in [0.2, 0.25) is 0 Å². The van der Waals surface area contributed by atoms with Crippen LogP contribution in [0.4, 0.5) is 0 Å². The van der Waals surface area contributed by atoms with Crippen LogP contribution in [0.5, 0.6) is 11.5 Å². The zero-order valence-electron chi connectivity index (χ0n) is 16.0. The Hall–Kier alpha value is -3.59. The number of methoxy groups -OCH3 is 1. The fourth-order valence-electron chi connectivity index (χ4n) is 2.46. The van der Waals surface area contributed by atoms with Crippen LogP contribution in [0.2, 0.25) is 0 Å². The fraction of sp³-hybridized carbons (Fsp3) is 0.227. The van der Waals surface area contributed by atoms with Crippen LogP contribution < -0.4 is 9.47 Å². The van der Waals surface area contributed by atoms with Crippen LogP contribution in [0.25, 0.3) is 6.08 Å². The van der Waals surface area contributed by atoms with Gasteiger partial charge in [0.15, 0.2) is 5.78 Å². The molecule has 0 radical (unpaired) electrons. The topological polar surface area (TPSA) is 85.6 Å². The summed E-state index contributed by atoms with van der Waals surface area (Å²) in [6.07, 6.45) is 1.45. The molecule has 0 aliphatic heterocycles. The zero-order chi connectivity index (χ0) is 20.5. The van der Waals surface area contributed by atoms with Crippen molar-refractivity contribution >= 4 is 17.8 Å². The van der Waals surface area contributed by atoms with Crippen LogP contribution in [0.15, 0.2) is 48.0 Å². The van der Waals surface area contributed by atoms with Crippen molar-refractivity contribution in [3.8, 4) is 17.6 Å². The number of ether oxygens (including phenoxy) is 3. The summed E-state index contributed by atoms with van der Waals surface area (Å²) in [7, 11) is 1.49. The molecule has 0 atom stereocenters. The maximum atomic E-state index is 12.3. The zero-order valence-corrected chi connectivity index (χ0v) is 16.0. The molecule has 2 rings (SSSR count). The second-order valence-corrected chi connectivity index (χ2v) is 5.83. The average Bonchev–Trinajstić information content (AvgIpc) is 2.71. The molecule has 0 heterocycles. The van der Waals surface area contributed by atoms with Gasteiger partial charge in [-0.2, -0.15) is 5.26 Å². The molecule has 2 aromatic rings. The number of hydrogen-bond acceptors (Lipinski definition) is 6. The van der Waals surface area contributed by atoms with Crippen molar-refractivity contribution in [1.29, 1.82) is 5.26 Å². The number of rotatable bonds is 8. The maximum Gasteiger partial charge on any atom is 0.349 e. The molecule has 0 saturated carbocycles. The number of Topliss-reactive ketones (excluding diaryl/α,β-unsaturated/α-hetero) is 1. The lowest BCUT2D eigenvalue weighted by atomic mass is 10.1. The summed E-state index contributed by atoms with van der Waals surface area (Å²) in [4.78, 5) is 23.8. The minimum absolute atomic E-state index is 0.108. The normalized spacial score (nSPS) is 10.7. The van der Waals surface area contributed by atoms with Gasteiger partial charge in [0.1, 0.15) is 29.7 Å². The Morgan fingerprint density at radius 1 is 1.14 bits per heavy atom. The van der Waals surface area contributed by atoms with Gasteiger partial charge in [0.05, 0.1) is 13.7 Å². The quantitative estimate of drug-likeness (QED) is 0.299. The molecule has 0 amide bonds. The number of carbonyl (C=O) groups excluding carboxylic acids is 2. The van der Waals surface area contributed by atoms with Crippen molar-refractivity contribution in [3.05, 3.63) is 64.7 Å². The first-order chi connectivity index (χ1) is 13.5. The molecule has 0 spiro atoms. The Balaban J connectivity index is 2.13. The summed E-state index contributed by atoms with van der Waals surface area (Å²) in [5.74, 6) is 0.333. The molecule has 0 aliphatic carbocycles. The minimum atomic E-state index is -0.758. The van der Waals surface area contributed by atoms with Gasteiger partial charge in [-0.05, 0) is 55.8 Å². The van der Waals surface area contributed by atoms with E-state index in [-0.39, 0.29) is 18.0 Å². The first-order valence-electron chi connectivity index (χ1n) is 8.68. The van der Waals surface area contributed by atoms with Crippen molar-refractivity contribution < 1.29 is 23.8 Å². The second-order valence-electron chi connectivity index (χ2n) is 5.83. The van der Waals surface area contributed by atoms with Gasteiger partial charge in [-0.3, -0.25) is 4.79 Å². The van der Waals surface area contributed by atoms with E-state index < -0.39 is 5.97 Å². The van der Waals surface area contributed by atoms with E-state index in [0.717, 1.165) is 0 Å². The second kappa shape index (κ2) is 9.93. The number of hydrogen-bond donors (Lipinski definition) is 0. The number of nitrogens with zero attached hydrogens (tertiary/aromatic N) is 1. The molecular formula is C22H21NO5. The Labute approximate surface area is 164 Å². The van der Waals surface area contributed by atoms with E-state index in [0.29, 0.717) is 34.8 Å². The van der Waals surface area contributed by atoms with E-state index in [9.17, 15) is 14.9 Å². The maximum absolute atomic E-state index is 12.3. The van der Waals surface area contributed by atoms with Crippen LogP contribution in [-0.2, 0) is 16.1 Å². The summed E-state index contributed by atoms with van der Waals surface area (Å²) in [6, 6.07) is 13.7. The molecule has 2 aromatic carbocycles. The molecule has 0 unspecified atom stereocenters. The molecule has 0 fully saturated rings. The van der Waals surface area contributed by atoms with Gasteiger partial charge in [-0.15, -0.1) is 0 Å². The summed E-state index contributed by atoms with van der Waals surface area (Å²) >= 11 is 0. The van der Waals surface area contributed by atoms with Gasteiger partial charge in [-0.1, -0.05) is 12.1 Å². The smallest absolute Gasteiger partial charge is 0.349 e. The number of ketones is 1. The Bertz CT molecular complexity index is 923. The number of carbonyl (C=O) groups is 2. The van der Waals surface area contributed by atoms with Crippen molar-refractivity contribution in [2.24, 2.45) is 0 Å². The molecule has 0 aliphatic rings. The van der Waals surface area contributed by atoms with Crippen LogP contribution >= 0.6 is 0 Å². The molecule has 0 saturated heterocycles. The molecule has 6 heteroatoms. The van der Waals surface area contributed by atoms with Crippen LogP contribution in [0.1, 0.15) is 35.3 Å². The Kier molecular flexibility index (Phi) is 7.35. The lowest BCUT2D eigenvalue weighted by molar-refractivity contribution is -0.139. The highest BCUT2D eigenvalue weighted by Gasteiger charge is 2.14. The van der Waals surface area contributed by atoms with Crippen molar-refractivity contribution in [2.45, 2.75) is 20.5 Å². The summed E-state index contributed by atoms with van der Waals surface area (Å²) in [6.45, 7) is 3.77. The van der Waals surface area contributed by atoms with Crippen LogP contribution in [-0.4, -0.2) is 25.5 Å². The highest BCUT2D eigenvalue weighted by molar-refractivity contribution is 5.98. The molecular weight excluding hydrogens is 358 g/mol. The van der Waals surface area contributed by atoms with Gasteiger partial charge in [0, 0.05) is 11.1 Å². The Morgan fingerprint density at radius 3 is 2.43 bits per heavy atom. The minimum Gasteiger partial charge on any atom is -0.496 e. The highest BCUT2D eigenvalue weighted by Crippen LogP contribution is 2.22. The fourth-order valence-corrected chi connectivity index (χ4v) is 2.46. The van der Waals surface area contributed by atoms with Gasteiger partial charge < -0.3 is 14.2 Å². The predicted molar refractivity (Wildman–Crippen MR) is 104 cm³/mol. The van der Waals surface area contributed by atoms with Crippen LogP contribution in [0.3, 0.4) is 0 Å². The lowest BCUT2D eigenvalue weighted by Crippen LogP contribution is -2.08. The number of esters is 1. The number of benzene rings is 2. The van der Waals surface area contributed by atoms with E-state index >= 15 is 0 Å². The standard InChI is InChI=1S/C22H21NO5/c1-4-27-20-8-5-16(6-9-20)11-18(13-23)22(25)28-14-19-12-17(15(2)24)7-10-21(19)26-3/h5-12H,4,14H2,1-3H3/b18-11+. The largest absolute Gasteiger partial charge is 0.496 e. The number of nitriles is 1. The van der Waals surface area contributed by atoms with E-state index in [4.69, 9.17) is 14.2 Å².